The maximum absolute atomic E-state index is 12.6. The van der Waals surface area contributed by atoms with Crippen molar-refractivity contribution in [2.45, 2.75) is 70.2 Å². The van der Waals surface area contributed by atoms with Gasteiger partial charge < -0.3 is 19.9 Å². The van der Waals surface area contributed by atoms with E-state index in [2.05, 4.69) is 45.4 Å². The lowest BCUT2D eigenvalue weighted by Gasteiger charge is -2.41. The number of ether oxygens (including phenoxy) is 2. The fourth-order valence-electron chi connectivity index (χ4n) is 6.08. The third-order valence-corrected chi connectivity index (χ3v) is 8.67. The molecule has 5 rings (SSSR count). The van der Waals surface area contributed by atoms with Gasteiger partial charge >= 0.3 is 0 Å². The van der Waals surface area contributed by atoms with Gasteiger partial charge in [0.1, 0.15) is 0 Å². The average Bonchev–Trinajstić information content (AvgIpc) is 3.09. The molecule has 46 heavy (non-hydrogen) atoms. The molecule has 4 N–H and O–H groups in total. The van der Waals surface area contributed by atoms with E-state index in [1.54, 1.807) is 5.48 Å². The Morgan fingerprint density at radius 2 is 1.48 bits per heavy atom. The van der Waals surface area contributed by atoms with Gasteiger partial charge in [0.25, 0.3) is 0 Å². The standard InChI is InChI=1S/C36H46N4O6/c41-26-28-14-16-29(17-15-28)33-23-32(25-40-20-18-39(19-21-40)24-27-8-3-1-4-9-27)45-36(46-33)30-10-7-11-31(22-30)37-34(42)12-5-2-6-13-35(43)38-44/h1,3-4,7-11,14-17,22,32-33,36,41,44H,2,5-6,12-13,18-21,23-26H2,(H,37,42)(H,38,43). The van der Waals surface area contributed by atoms with Crippen LogP contribution in [0.4, 0.5) is 5.69 Å². The Bertz CT molecular complexity index is 1380. The van der Waals surface area contributed by atoms with Crippen molar-refractivity contribution >= 4 is 17.5 Å². The normalized spacial score (nSPS) is 20.7. The van der Waals surface area contributed by atoms with Crippen LogP contribution >= 0.6 is 0 Å². The number of carbonyl (C=O) groups is 2. The van der Waals surface area contributed by atoms with E-state index in [0.717, 1.165) is 68.8 Å². The Kier molecular flexibility index (Phi) is 12.7. The molecular weight excluding hydrogens is 584 g/mol. The van der Waals surface area contributed by atoms with Gasteiger partial charge in [-0.2, -0.15) is 0 Å². The van der Waals surface area contributed by atoms with E-state index in [0.29, 0.717) is 24.9 Å². The number of nitrogens with zero attached hydrogens (tertiary/aromatic N) is 2. The Morgan fingerprint density at radius 3 is 2.20 bits per heavy atom. The second-order valence-corrected chi connectivity index (χ2v) is 12.2. The summed E-state index contributed by atoms with van der Waals surface area (Å²) in [5.74, 6) is -0.512. The molecule has 2 heterocycles. The average molecular weight is 631 g/mol. The maximum atomic E-state index is 12.6. The van der Waals surface area contributed by atoms with Gasteiger partial charge in [-0.3, -0.25) is 24.6 Å². The summed E-state index contributed by atoms with van der Waals surface area (Å²) in [6.45, 7) is 5.73. The lowest BCUT2D eigenvalue weighted by molar-refractivity contribution is -0.253. The predicted octanol–water partition coefficient (Wildman–Crippen LogP) is 4.94. The number of amides is 2. The number of aliphatic hydroxyl groups is 1. The maximum Gasteiger partial charge on any atom is 0.243 e. The zero-order valence-corrected chi connectivity index (χ0v) is 26.4. The minimum atomic E-state index is -0.602. The number of rotatable bonds is 14. The lowest BCUT2D eigenvalue weighted by Crippen LogP contribution is -2.49. The summed E-state index contributed by atoms with van der Waals surface area (Å²) < 4.78 is 13.1. The second-order valence-electron chi connectivity index (χ2n) is 12.2. The molecule has 0 bridgehead atoms. The van der Waals surface area contributed by atoms with E-state index in [1.165, 1.54) is 5.56 Å². The molecule has 0 radical (unpaired) electrons. The number of piperazine rings is 1. The van der Waals surface area contributed by atoms with E-state index in [9.17, 15) is 14.7 Å². The third kappa shape index (κ3) is 10.2. The summed E-state index contributed by atoms with van der Waals surface area (Å²) in [7, 11) is 0. The number of aliphatic hydroxyl groups excluding tert-OH is 1. The Hall–Kier alpha value is -3.64. The second kappa shape index (κ2) is 17.3. The summed E-state index contributed by atoms with van der Waals surface area (Å²) in [6, 6.07) is 26.1. The van der Waals surface area contributed by atoms with E-state index in [1.807, 2.05) is 48.5 Å². The molecule has 2 aliphatic rings. The highest BCUT2D eigenvalue weighted by molar-refractivity contribution is 5.90. The summed E-state index contributed by atoms with van der Waals surface area (Å²) in [5.41, 5.74) is 6.38. The van der Waals surface area contributed by atoms with Gasteiger partial charge in [0.2, 0.25) is 11.8 Å². The molecule has 3 unspecified atom stereocenters. The van der Waals surface area contributed by atoms with Crippen LogP contribution in [0, 0.1) is 0 Å². The number of carbonyl (C=O) groups excluding carboxylic acids is 2. The quantitative estimate of drug-likeness (QED) is 0.112. The van der Waals surface area contributed by atoms with Crippen LogP contribution in [0.5, 0.6) is 0 Å². The first kappa shape index (κ1) is 33.7. The molecular formula is C36H46N4O6. The van der Waals surface area contributed by atoms with Crippen molar-refractivity contribution in [3.05, 3.63) is 101 Å². The first-order valence-corrected chi connectivity index (χ1v) is 16.3. The van der Waals surface area contributed by atoms with Crippen LogP contribution in [0.25, 0.3) is 0 Å². The zero-order valence-electron chi connectivity index (χ0n) is 26.4. The highest BCUT2D eigenvalue weighted by Crippen LogP contribution is 2.38. The predicted molar refractivity (Wildman–Crippen MR) is 175 cm³/mol. The summed E-state index contributed by atoms with van der Waals surface area (Å²) in [4.78, 5) is 28.8. The molecule has 3 atom stereocenters. The van der Waals surface area contributed by atoms with Crippen LogP contribution in [-0.4, -0.2) is 70.8 Å². The molecule has 0 spiro atoms. The van der Waals surface area contributed by atoms with Gasteiger partial charge in [-0.25, -0.2) is 5.48 Å². The summed E-state index contributed by atoms with van der Waals surface area (Å²) in [6.07, 6.45) is 2.45. The highest BCUT2D eigenvalue weighted by Gasteiger charge is 2.34. The van der Waals surface area contributed by atoms with Gasteiger partial charge in [-0.05, 0) is 41.7 Å². The largest absolute Gasteiger partial charge is 0.392 e. The highest BCUT2D eigenvalue weighted by atomic mass is 16.7. The Labute approximate surface area is 271 Å². The molecule has 246 valence electrons. The van der Waals surface area contributed by atoms with E-state index < -0.39 is 12.2 Å². The monoisotopic (exact) mass is 630 g/mol. The summed E-state index contributed by atoms with van der Waals surface area (Å²) in [5, 5.41) is 21.1. The van der Waals surface area contributed by atoms with Gasteiger partial charge in [-0.15, -0.1) is 0 Å². The van der Waals surface area contributed by atoms with Crippen molar-refractivity contribution in [1.82, 2.24) is 15.3 Å². The van der Waals surface area contributed by atoms with Crippen LogP contribution in [0.3, 0.4) is 0 Å². The van der Waals surface area contributed by atoms with Crippen LogP contribution in [0.15, 0.2) is 78.9 Å². The minimum absolute atomic E-state index is 0.00417. The molecule has 2 amide bonds. The van der Waals surface area contributed by atoms with Crippen molar-refractivity contribution < 1.29 is 29.4 Å². The number of nitrogens with one attached hydrogen (secondary N) is 2. The summed E-state index contributed by atoms with van der Waals surface area (Å²) >= 11 is 0. The molecule has 2 saturated heterocycles. The third-order valence-electron chi connectivity index (χ3n) is 8.67. The smallest absolute Gasteiger partial charge is 0.243 e. The fourth-order valence-corrected chi connectivity index (χ4v) is 6.08. The van der Waals surface area contributed by atoms with Crippen LogP contribution in [-0.2, 0) is 32.2 Å². The lowest BCUT2D eigenvalue weighted by atomic mass is 9.99. The topological polar surface area (TPSA) is 124 Å². The van der Waals surface area contributed by atoms with Gasteiger partial charge in [0.05, 0.1) is 18.8 Å². The van der Waals surface area contributed by atoms with Crippen molar-refractivity contribution in [3.8, 4) is 0 Å². The molecule has 2 fully saturated rings. The number of hydrogen-bond donors (Lipinski definition) is 4. The molecule has 0 aliphatic carbocycles. The van der Waals surface area contributed by atoms with E-state index in [-0.39, 0.29) is 31.1 Å². The van der Waals surface area contributed by atoms with E-state index in [4.69, 9.17) is 14.7 Å². The van der Waals surface area contributed by atoms with Gasteiger partial charge in [0, 0.05) is 69.8 Å². The van der Waals surface area contributed by atoms with Crippen LogP contribution in [0.2, 0.25) is 0 Å². The van der Waals surface area contributed by atoms with Gasteiger partial charge in [0.15, 0.2) is 6.29 Å². The zero-order chi connectivity index (χ0) is 32.1. The van der Waals surface area contributed by atoms with Crippen LogP contribution in [0.1, 0.15) is 73.2 Å². The molecule has 10 nitrogen and oxygen atoms in total. The van der Waals surface area contributed by atoms with Crippen molar-refractivity contribution in [3.63, 3.8) is 0 Å². The van der Waals surface area contributed by atoms with Crippen molar-refractivity contribution in [1.29, 1.82) is 0 Å². The number of hydroxylamine groups is 1. The molecule has 0 saturated carbocycles. The SMILES string of the molecule is O=C(CCCCCC(=O)Nc1cccc(C2OC(CN3CCN(Cc4ccccc4)CC3)CC(c3ccc(CO)cc3)O2)c1)NO. The van der Waals surface area contributed by atoms with Crippen LogP contribution < -0.4 is 10.8 Å². The number of unbranched alkanes of at least 4 members (excludes halogenated alkanes) is 2. The fraction of sp³-hybridized carbons (Fsp3) is 0.444. The molecule has 0 aromatic heterocycles. The molecule has 2 aliphatic heterocycles. The number of benzene rings is 3. The Morgan fingerprint density at radius 1 is 0.761 bits per heavy atom. The minimum Gasteiger partial charge on any atom is -0.392 e. The molecule has 3 aromatic rings. The Balaban J connectivity index is 1.20. The molecule has 10 heteroatoms. The first-order valence-electron chi connectivity index (χ1n) is 16.3. The van der Waals surface area contributed by atoms with Gasteiger partial charge in [-0.1, -0.05) is 73.2 Å². The number of hydrogen-bond acceptors (Lipinski definition) is 8. The first-order chi connectivity index (χ1) is 22.5. The number of anilines is 1. The molecule has 3 aromatic carbocycles. The van der Waals surface area contributed by atoms with Crippen molar-refractivity contribution in [2.75, 3.05) is 38.0 Å². The van der Waals surface area contributed by atoms with Crippen molar-refractivity contribution in [2.24, 2.45) is 0 Å². The van der Waals surface area contributed by atoms with E-state index >= 15 is 0 Å².